The van der Waals surface area contributed by atoms with Crippen molar-refractivity contribution < 1.29 is 19.0 Å². The number of Topliss-reactive ketones (excluding diaryl/α,β-unsaturated/α-hetero) is 1. The van der Waals surface area contributed by atoms with Crippen molar-refractivity contribution in [2.75, 3.05) is 5.32 Å². The van der Waals surface area contributed by atoms with E-state index in [1.165, 1.54) is 12.1 Å². The Morgan fingerprint density at radius 1 is 1.17 bits per heavy atom. The number of anilines is 1. The second kappa shape index (κ2) is 7.62. The molecule has 0 saturated carbocycles. The van der Waals surface area contributed by atoms with Crippen LogP contribution < -0.4 is 15.6 Å². The first-order chi connectivity index (χ1) is 14.0. The SMILES string of the molecule is CC1=C(C(=O)Nc2[nH+]cccc2C)C(c2ccc(F)cc2)C2C(=O)CCC=C2N1. The van der Waals surface area contributed by atoms with Gasteiger partial charge in [0.2, 0.25) is 0 Å². The Morgan fingerprint density at radius 2 is 1.93 bits per heavy atom. The number of benzene rings is 1. The maximum absolute atomic E-state index is 13.5. The molecule has 1 aromatic heterocycles. The van der Waals surface area contributed by atoms with Crippen molar-refractivity contribution in [2.45, 2.75) is 32.6 Å². The normalized spacial score (nSPS) is 21.2. The van der Waals surface area contributed by atoms with Crippen molar-refractivity contribution in [3.8, 4) is 0 Å². The number of halogens is 1. The minimum absolute atomic E-state index is 0.0876. The molecule has 148 valence electrons. The zero-order chi connectivity index (χ0) is 20.5. The molecule has 29 heavy (non-hydrogen) atoms. The van der Waals surface area contributed by atoms with Crippen molar-refractivity contribution >= 4 is 17.5 Å². The van der Waals surface area contributed by atoms with Gasteiger partial charge in [-0.15, -0.1) is 0 Å². The molecule has 0 bridgehead atoms. The Balaban J connectivity index is 1.80. The van der Waals surface area contributed by atoms with Gasteiger partial charge in [-0.25, -0.2) is 19.5 Å². The van der Waals surface area contributed by atoms with E-state index in [2.05, 4.69) is 15.6 Å². The number of rotatable bonds is 3. The zero-order valence-corrected chi connectivity index (χ0v) is 16.4. The fourth-order valence-electron chi connectivity index (χ4n) is 4.18. The van der Waals surface area contributed by atoms with Crippen LogP contribution in [0.5, 0.6) is 0 Å². The molecule has 0 spiro atoms. The molecule has 1 aliphatic heterocycles. The van der Waals surface area contributed by atoms with Crippen molar-refractivity contribution in [1.29, 1.82) is 0 Å². The molecule has 1 aliphatic carbocycles. The van der Waals surface area contributed by atoms with Gasteiger partial charge >= 0.3 is 5.91 Å². The summed E-state index contributed by atoms with van der Waals surface area (Å²) in [6, 6.07) is 9.81. The van der Waals surface area contributed by atoms with Crippen LogP contribution >= 0.6 is 0 Å². The molecule has 3 N–H and O–H groups in total. The summed E-state index contributed by atoms with van der Waals surface area (Å²) < 4.78 is 13.5. The Morgan fingerprint density at radius 3 is 2.66 bits per heavy atom. The molecule has 2 heterocycles. The number of hydrogen-bond donors (Lipinski definition) is 2. The van der Waals surface area contributed by atoms with Gasteiger partial charge in [-0.3, -0.25) is 4.79 Å². The van der Waals surface area contributed by atoms with E-state index in [0.29, 0.717) is 29.9 Å². The van der Waals surface area contributed by atoms with Crippen LogP contribution in [0.2, 0.25) is 0 Å². The van der Waals surface area contributed by atoms with Gasteiger partial charge in [0.1, 0.15) is 11.6 Å². The van der Waals surface area contributed by atoms with Gasteiger partial charge in [-0.05, 0) is 50.1 Å². The lowest BCUT2D eigenvalue weighted by molar-refractivity contribution is -0.361. The average Bonchev–Trinajstić information content (AvgIpc) is 2.69. The maximum atomic E-state index is 13.5. The number of H-pyrrole nitrogens is 1. The molecule has 6 heteroatoms. The van der Waals surface area contributed by atoms with Gasteiger partial charge in [0, 0.05) is 29.3 Å². The van der Waals surface area contributed by atoms with Crippen LogP contribution in [0, 0.1) is 18.7 Å². The predicted molar refractivity (Wildman–Crippen MR) is 107 cm³/mol. The molecule has 0 fully saturated rings. The van der Waals surface area contributed by atoms with Gasteiger partial charge in [-0.1, -0.05) is 18.2 Å². The summed E-state index contributed by atoms with van der Waals surface area (Å²) in [5.74, 6) is -0.891. The van der Waals surface area contributed by atoms with Gasteiger partial charge in [0.05, 0.1) is 17.7 Å². The van der Waals surface area contributed by atoms with E-state index >= 15 is 0 Å². The number of aryl methyl sites for hydroxylation is 1. The number of carbonyl (C=O) groups is 2. The molecule has 2 aromatic rings. The van der Waals surface area contributed by atoms with E-state index < -0.39 is 11.8 Å². The van der Waals surface area contributed by atoms with Gasteiger partial charge in [0.15, 0.2) is 0 Å². The second-order valence-corrected chi connectivity index (χ2v) is 7.52. The Kier molecular flexibility index (Phi) is 5.01. The fourth-order valence-corrected chi connectivity index (χ4v) is 4.18. The molecule has 0 radical (unpaired) electrons. The summed E-state index contributed by atoms with van der Waals surface area (Å²) in [4.78, 5) is 29.2. The summed E-state index contributed by atoms with van der Waals surface area (Å²) in [5, 5.41) is 6.20. The molecule has 0 saturated heterocycles. The van der Waals surface area contributed by atoms with Crippen LogP contribution in [0.4, 0.5) is 10.2 Å². The molecule has 4 rings (SSSR count). The minimum atomic E-state index is -0.473. The number of carbonyl (C=O) groups excluding carboxylic acids is 2. The minimum Gasteiger partial charge on any atom is -0.362 e. The first-order valence-corrected chi connectivity index (χ1v) is 9.70. The molecule has 1 aromatic carbocycles. The Bertz CT molecular complexity index is 1040. The van der Waals surface area contributed by atoms with Crippen LogP contribution in [0.3, 0.4) is 0 Å². The van der Waals surface area contributed by atoms with Crippen molar-refractivity contribution in [3.05, 3.63) is 82.6 Å². The van der Waals surface area contributed by atoms with Crippen molar-refractivity contribution in [3.63, 3.8) is 0 Å². The maximum Gasteiger partial charge on any atom is 0.337 e. The third-order valence-electron chi connectivity index (χ3n) is 5.59. The van der Waals surface area contributed by atoms with E-state index in [0.717, 1.165) is 16.8 Å². The number of hydrogen-bond acceptors (Lipinski definition) is 3. The third-order valence-corrected chi connectivity index (χ3v) is 5.59. The number of amides is 1. The van der Waals surface area contributed by atoms with Gasteiger partial charge in [-0.2, -0.15) is 0 Å². The first-order valence-electron chi connectivity index (χ1n) is 9.70. The highest BCUT2D eigenvalue weighted by Gasteiger charge is 2.44. The first kappa shape index (κ1) is 19.1. The number of pyridine rings is 1. The topological polar surface area (TPSA) is 72.3 Å². The lowest BCUT2D eigenvalue weighted by atomic mass is 9.71. The monoisotopic (exact) mass is 392 g/mol. The van der Waals surface area contributed by atoms with E-state index in [9.17, 15) is 14.0 Å². The third kappa shape index (κ3) is 3.58. The van der Waals surface area contributed by atoms with E-state index in [-0.39, 0.29) is 17.5 Å². The summed E-state index contributed by atoms with van der Waals surface area (Å²) in [6.07, 6.45) is 4.88. The zero-order valence-electron chi connectivity index (χ0n) is 16.4. The van der Waals surface area contributed by atoms with E-state index in [4.69, 9.17) is 0 Å². The average molecular weight is 392 g/mol. The molecule has 2 atom stereocenters. The molecule has 5 nitrogen and oxygen atoms in total. The highest BCUT2D eigenvalue weighted by atomic mass is 19.1. The van der Waals surface area contributed by atoms with Crippen LogP contribution in [0.1, 0.15) is 36.8 Å². The van der Waals surface area contributed by atoms with E-state index in [1.807, 2.05) is 32.1 Å². The molecular formula is C23H23FN3O2+. The number of fused-ring (bicyclic) bond motifs is 1. The Hall–Kier alpha value is -3.28. The van der Waals surface area contributed by atoms with Crippen LogP contribution in [0.15, 0.2) is 65.6 Å². The van der Waals surface area contributed by atoms with Crippen LogP contribution in [-0.2, 0) is 9.59 Å². The number of aromatic nitrogens is 1. The highest BCUT2D eigenvalue weighted by Crippen LogP contribution is 2.43. The van der Waals surface area contributed by atoms with Gasteiger partial charge < -0.3 is 5.32 Å². The molecule has 1 amide bonds. The number of aromatic amines is 1. The van der Waals surface area contributed by atoms with E-state index in [1.54, 1.807) is 18.3 Å². The number of nitrogens with one attached hydrogen (secondary N) is 3. The van der Waals surface area contributed by atoms with Crippen molar-refractivity contribution in [2.24, 2.45) is 5.92 Å². The Labute approximate surface area is 168 Å². The molecular weight excluding hydrogens is 369 g/mol. The summed E-state index contributed by atoms with van der Waals surface area (Å²) in [7, 11) is 0. The fraction of sp³-hybridized carbons (Fsp3) is 0.261. The lowest BCUT2D eigenvalue weighted by Gasteiger charge is -2.37. The van der Waals surface area contributed by atoms with Crippen LogP contribution in [-0.4, -0.2) is 11.7 Å². The standard InChI is InChI=1S/C23H22FN3O2/c1-13-5-4-12-25-22(13)27-23(29)19-14(2)26-17-6-3-7-18(28)21(17)20(19)15-8-10-16(24)11-9-15/h4-6,8-12,20-21,26H,3,7H2,1-2H3,(H,25,27,29)/p+1. The number of allylic oxidation sites excluding steroid dienone is 3. The summed E-state index contributed by atoms with van der Waals surface area (Å²) in [6.45, 7) is 3.73. The predicted octanol–water partition coefficient (Wildman–Crippen LogP) is 3.41. The van der Waals surface area contributed by atoms with Gasteiger partial charge in [0.25, 0.3) is 5.82 Å². The summed E-state index contributed by atoms with van der Waals surface area (Å²) in [5.41, 5.74) is 3.66. The second-order valence-electron chi connectivity index (χ2n) is 7.52. The number of ketones is 1. The highest BCUT2D eigenvalue weighted by molar-refractivity contribution is 6.06. The molecule has 2 aliphatic rings. The largest absolute Gasteiger partial charge is 0.362 e. The summed E-state index contributed by atoms with van der Waals surface area (Å²) >= 11 is 0. The lowest BCUT2D eigenvalue weighted by Crippen LogP contribution is -2.41. The molecule has 2 unspecified atom stereocenters. The quantitative estimate of drug-likeness (QED) is 0.841. The van der Waals surface area contributed by atoms with Crippen LogP contribution in [0.25, 0.3) is 0 Å². The smallest absolute Gasteiger partial charge is 0.337 e. The van der Waals surface area contributed by atoms with Crippen molar-refractivity contribution in [1.82, 2.24) is 5.32 Å².